The zero-order valence-corrected chi connectivity index (χ0v) is 11.6. The van der Waals surface area contributed by atoms with Gasteiger partial charge in [0.25, 0.3) is 0 Å². The summed E-state index contributed by atoms with van der Waals surface area (Å²) >= 11 is 0. The topological polar surface area (TPSA) is 32.3 Å². The maximum Gasteiger partial charge on any atom is 0.226 e. The van der Waals surface area contributed by atoms with E-state index in [2.05, 4.69) is 24.1 Å². The third-order valence-electron chi connectivity index (χ3n) is 4.72. The van der Waals surface area contributed by atoms with E-state index in [1.54, 1.807) is 0 Å². The third kappa shape index (κ3) is 2.19. The van der Waals surface area contributed by atoms with Gasteiger partial charge in [0.2, 0.25) is 5.91 Å². The molecule has 0 spiro atoms. The molecule has 4 heteroatoms. The predicted molar refractivity (Wildman–Crippen MR) is 70.3 cm³/mol. The van der Waals surface area contributed by atoms with Crippen molar-refractivity contribution in [2.24, 2.45) is 11.3 Å². The van der Waals surface area contributed by atoms with Gasteiger partial charge in [0, 0.05) is 24.5 Å². The summed E-state index contributed by atoms with van der Waals surface area (Å²) in [5.74, 6) is 0.759. The third-order valence-corrected chi connectivity index (χ3v) is 4.72. The number of fused-ring (bicyclic) bond motifs is 2. The number of nitrogens with one attached hydrogen (secondary N) is 1. The molecule has 1 aliphatic carbocycles. The van der Waals surface area contributed by atoms with E-state index >= 15 is 0 Å². The average molecular weight is 259 g/mol. The van der Waals surface area contributed by atoms with Gasteiger partial charge in [0.15, 0.2) is 0 Å². The first-order valence-corrected chi connectivity index (χ1v) is 6.62. The number of carbonyl (C=O) groups is 1. The zero-order chi connectivity index (χ0) is 11.3. The number of hydrogen-bond donors (Lipinski definition) is 1. The lowest BCUT2D eigenvalue weighted by Crippen LogP contribution is -2.43. The van der Waals surface area contributed by atoms with Crippen molar-refractivity contribution in [2.45, 2.75) is 51.6 Å². The van der Waals surface area contributed by atoms with Crippen molar-refractivity contribution in [1.29, 1.82) is 0 Å². The Kier molecular flexibility index (Phi) is 3.43. The molecule has 0 radical (unpaired) electrons. The number of amides is 1. The molecular weight excluding hydrogens is 236 g/mol. The van der Waals surface area contributed by atoms with E-state index < -0.39 is 0 Å². The molecule has 17 heavy (non-hydrogen) atoms. The fourth-order valence-electron chi connectivity index (χ4n) is 3.41. The summed E-state index contributed by atoms with van der Waals surface area (Å²) in [5.41, 5.74) is 0.274. The normalized spacial score (nSPS) is 38.2. The molecule has 3 aliphatic rings. The predicted octanol–water partition coefficient (Wildman–Crippen LogP) is 1.81. The van der Waals surface area contributed by atoms with E-state index in [0.717, 1.165) is 25.9 Å². The summed E-state index contributed by atoms with van der Waals surface area (Å²) in [5, 5.41) is 3.45. The zero-order valence-electron chi connectivity index (χ0n) is 10.7. The average Bonchev–Trinajstić information content (AvgIpc) is 2.71. The molecule has 2 saturated heterocycles. The minimum absolute atomic E-state index is 0. The molecule has 3 unspecified atom stereocenters. The van der Waals surface area contributed by atoms with Crippen molar-refractivity contribution >= 4 is 18.3 Å². The van der Waals surface area contributed by atoms with Gasteiger partial charge < -0.3 is 10.2 Å². The Bertz CT molecular complexity index is 305. The standard InChI is InChI=1S/C13H22N2O.ClH/c1-13(2)7-11(13)12(16)15-9-3-4-10(15)8-14-6-5-9;/h9-11,14H,3-8H2,1-2H3;1H. The van der Waals surface area contributed by atoms with Crippen LogP contribution in [0.5, 0.6) is 0 Å². The van der Waals surface area contributed by atoms with Gasteiger partial charge in [0.1, 0.15) is 0 Å². The second kappa shape index (κ2) is 4.43. The van der Waals surface area contributed by atoms with Crippen LogP contribution in [0, 0.1) is 11.3 Å². The monoisotopic (exact) mass is 258 g/mol. The number of hydrogen-bond acceptors (Lipinski definition) is 2. The van der Waals surface area contributed by atoms with Crippen molar-refractivity contribution in [3.05, 3.63) is 0 Å². The van der Waals surface area contributed by atoms with Crippen LogP contribution in [-0.2, 0) is 4.79 Å². The molecule has 3 nitrogen and oxygen atoms in total. The quantitative estimate of drug-likeness (QED) is 0.778. The van der Waals surface area contributed by atoms with Crippen molar-refractivity contribution in [2.75, 3.05) is 13.1 Å². The van der Waals surface area contributed by atoms with E-state index in [0.29, 0.717) is 23.9 Å². The Balaban J connectivity index is 0.00000108. The highest BCUT2D eigenvalue weighted by molar-refractivity contribution is 5.85. The van der Waals surface area contributed by atoms with E-state index in [4.69, 9.17) is 0 Å². The lowest BCUT2D eigenvalue weighted by molar-refractivity contribution is -0.135. The van der Waals surface area contributed by atoms with Crippen LogP contribution in [0.2, 0.25) is 0 Å². The fraction of sp³-hybridized carbons (Fsp3) is 0.923. The summed E-state index contributed by atoms with van der Waals surface area (Å²) < 4.78 is 0. The maximum absolute atomic E-state index is 12.5. The number of rotatable bonds is 1. The molecule has 3 fully saturated rings. The van der Waals surface area contributed by atoms with Crippen LogP contribution in [0.25, 0.3) is 0 Å². The van der Waals surface area contributed by atoms with Crippen molar-refractivity contribution in [3.63, 3.8) is 0 Å². The molecule has 3 atom stereocenters. The molecule has 0 aromatic carbocycles. The largest absolute Gasteiger partial charge is 0.335 e. The van der Waals surface area contributed by atoms with E-state index in [1.165, 1.54) is 12.8 Å². The molecule has 2 aliphatic heterocycles. The highest BCUT2D eigenvalue weighted by Crippen LogP contribution is 2.53. The molecule has 1 N–H and O–H groups in total. The number of halogens is 1. The smallest absolute Gasteiger partial charge is 0.226 e. The van der Waals surface area contributed by atoms with Gasteiger partial charge in [-0.25, -0.2) is 0 Å². The summed E-state index contributed by atoms with van der Waals surface area (Å²) in [7, 11) is 0. The van der Waals surface area contributed by atoms with Gasteiger partial charge >= 0.3 is 0 Å². The van der Waals surface area contributed by atoms with Crippen LogP contribution in [0.3, 0.4) is 0 Å². The van der Waals surface area contributed by atoms with Gasteiger partial charge in [-0.05, 0) is 37.6 Å². The summed E-state index contributed by atoms with van der Waals surface area (Å²) in [6.07, 6.45) is 4.67. The first-order valence-electron chi connectivity index (χ1n) is 6.62. The molecule has 3 rings (SSSR count). The molecule has 2 heterocycles. The van der Waals surface area contributed by atoms with Crippen LogP contribution in [-0.4, -0.2) is 36.0 Å². The van der Waals surface area contributed by atoms with Crippen molar-refractivity contribution in [3.8, 4) is 0 Å². The highest BCUT2D eigenvalue weighted by atomic mass is 35.5. The number of carbonyl (C=O) groups excluding carboxylic acids is 1. The minimum Gasteiger partial charge on any atom is -0.335 e. The minimum atomic E-state index is 0. The molecule has 2 bridgehead atoms. The summed E-state index contributed by atoms with van der Waals surface area (Å²) in [6, 6.07) is 1.01. The second-order valence-electron chi connectivity index (χ2n) is 6.37. The van der Waals surface area contributed by atoms with E-state index in [1.807, 2.05) is 0 Å². The van der Waals surface area contributed by atoms with Gasteiger partial charge in [-0.3, -0.25) is 4.79 Å². The molecule has 98 valence electrons. The maximum atomic E-state index is 12.5. The Morgan fingerprint density at radius 2 is 1.88 bits per heavy atom. The van der Waals surface area contributed by atoms with Crippen LogP contribution in [0.1, 0.15) is 39.5 Å². The Labute approximate surface area is 110 Å². The van der Waals surface area contributed by atoms with Crippen LogP contribution in [0.15, 0.2) is 0 Å². The van der Waals surface area contributed by atoms with Crippen molar-refractivity contribution < 1.29 is 4.79 Å². The molecule has 0 aromatic rings. The highest BCUT2D eigenvalue weighted by Gasteiger charge is 2.54. The lowest BCUT2D eigenvalue weighted by Gasteiger charge is -2.28. The Morgan fingerprint density at radius 3 is 2.53 bits per heavy atom. The summed E-state index contributed by atoms with van der Waals surface area (Å²) in [6.45, 7) is 6.52. The molecule has 0 aromatic heterocycles. The summed E-state index contributed by atoms with van der Waals surface area (Å²) in [4.78, 5) is 14.7. The SMILES string of the molecule is CC1(C)CC1C(=O)N1C2CCNCC1CC2.Cl. The van der Waals surface area contributed by atoms with Gasteiger partial charge in [-0.15, -0.1) is 12.4 Å². The first kappa shape index (κ1) is 13.2. The van der Waals surface area contributed by atoms with E-state index in [9.17, 15) is 4.79 Å². The van der Waals surface area contributed by atoms with Crippen LogP contribution >= 0.6 is 12.4 Å². The fourth-order valence-corrected chi connectivity index (χ4v) is 3.41. The van der Waals surface area contributed by atoms with Gasteiger partial charge in [-0.2, -0.15) is 0 Å². The van der Waals surface area contributed by atoms with Crippen LogP contribution < -0.4 is 5.32 Å². The number of nitrogens with zero attached hydrogens (tertiary/aromatic N) is 1. The van der Waals surface area contributed by atoms with Crippen molar-refractivity contribution in [1.82, 2.24) is 10.2 Å². The van der Waals surface area contributed by atoms with E-state index in [-0.39, 0.29) is 17.8 Å². The first-order chi connectivity index (χ1) is 7.59. The molecule has 1 saturated carbocycles. The molecule has 1 amide bonds. The second-order valence-corrected chi connectivity index (χ2v) is 6.37. The van der Waals surface area contributed by atoms with Gasteiger partial charge in [0.05, 0.1) is 0 Å². The van der Waals surface area contributed by atoms with Gasteiger partial charge in [-0.1, -0.05) is 13.8 Å². The lowest BCUT2D eigenvalue weighted by atomic mass is 10.1. The molecular formula is C13H23ClN2O. The Hall–Kier alpha value is -0.280. The Morgan fingerprint density at radius 1 is 1.24 bits per heavy atom. The van der Waals surface area contributed by atoms with Crippen LogP contribution in [0.4, 0.5) is 0 Å².